The Kier molecular flexibility index (Phi) is 6.89. The number of hydrogen-bond acceptors (Lipinski definition) is 5. The zero-order valence-corrected chi connectivity index (χ0v) is 17.5. The normalized spacial score (nSPS) is 16.3. The number of piperazine rings is 1. The molecule has 1 aliphatic rings. The second-order valence-corrected chi connectivity index (χ2v) is 9.21. The van der Waals surface area contributed by atoms with E-state index in [0.717, 1.165) is 14.9 Å². The molecule has 1 aromatic carbocycles. The van der Waals surface area contributed by atoms with Gasteiger partial charge in [0.2, 0.25) is 10.0 Å². The van der Waals surface area contributed by atoms with Crippen LogP contribution in [-0.4, -0.2) is 62.6 Å². The van der Waals surface area contributed by atoms with Crippen molar-refractivity contribution in [1.29, 1.82) is 0 Å². The largest absolute Gasteiger partial charge is 0.325 e. The summed E-state index contributed by atoms with van der Waals surface area (Å²) in [6, 6.07) is 10.2. The SMILES string of the molecule is O=C(C[NH+]1CCN(S(=O)(=O)c2ccc(Br)cc2)CC1)N/N=C\c1ccncc1. The highest BCUT2D eigenvalue weighted by Gasteiger charge is 2.31. The molecule has 2 aromatic rings. The standard InChI is InChI=1S/C18H20BrN5O3S/c19-16-1-3-17(4-2-16)28(26,27)24-11-9-23(10-12-24)14-18(25)22-21-13-15-5-7-20-8-6-15/h1-8,13H,9-12,14H2,(H,22,25)/p+1/b21-13-. The second kappa shape index (κ2) is 9.37. The zero-order valence-electron chi connectivity index (χ0n) is 15.1. The highest BCUT2D eigenvalue weighted by Crippen LogP contribution is 2.18. The summed E-state index contributed by atoms with van der Waals surface area (Å²) in [5, 5.41) is 3.93. The van der Waals surface area contributed by atoms with Crippen LogP contribution in [0.5, 0.6) is 0 Å². The molecule has 1 amide bonds. The maximum atomic E-state index is 12.7. The van der Waals surface area contributed by atoms with Crippen LogP contribution in [-0.2, 0) is 14.8 Å². The van der Waals surface area contributed by atoms with Gasteiger partial charge in [-0.2, -0.15) is 9.41 Å². The van der Waals surface area contributed by atoms with E-state index in [9.17, 15) is 13.2 Å². The number of nitrogens with zero attached hydrogens (tertiary/aromatic N) is 3. The van der Waals surface area contributed by atoms with Crippen molar-refractivity contribution in [1.82, 2.24) is 14.7 Å². The number of sulfonamides is 1. The van der Waals surface area contributed by atoms with Gasteiger partial charge in [-0.1, -0.05) is 15.9 Å². The number of nitrogens with one attached hydrogen (secondary N) is 2. The van der Waals surface area contributed by atoms with E-state index < -0.39 is 10.0 Å². The Hall–Kier alpha value is -2.14. The number of rotatable bonds is 6. The summed E-state index contributed by atoms with van der Waals surface area (Å²) in [7, 11) is -3.51. The average Bonchev–Trinajstić information content (AvgIpc) is 2.69. The van der Waals surface area contributed by atoms with Crippen LogP contribution >= 0.6 is 15.9 Å². The van der Waals surface area contributed by atoms with Crippen LogP contribution in [0.25, 0.3) is 0 Å². The van der Waals surface area contributed by atoms with Gasteiger partial charge in [0.25, 0.3) is 5.91 Å². The first-order chi connectivity index (χ1) is 13.4. The molecule has 28 heavy (non-hydrogen) atoms. The lowest BCUT2D eigenvalue weighted by Crippen LogP contribution is -3.15. The summed E-state index contributed by atoms with van der Waals surface area (Å²) >= 11 is 3.31. The molecule has 1 aliphatic heterocycles. The van der Waals surface area contributed by atoms with Gasteiger partial charge in [-0.15, -0.1) is 0 Å². The molecule has 2 heterocycles. The van der Waals surface area contributed by atoms with Crippen molar-refractivity contribution in [2.24, 2.45) is 5.10 Å². The third-order valence-electron chi connectivity index (χ3n) is 4.40. The topological polar surface area (TPSA) is 96.2 Å². The molecule has 0 unspecified atom stereocenters. The molecular formula is C18H21BrN5O3S+. The minimum atomic E-state index is -3.51. The molecule has 3 rings (SSSR count). The molecular weight excluding hydrogens is 446 g/mol. The maximum Gasteiger partial charge on any atom is 0.295 e. The lowest BCUT2D eigenvalue weighted by Gasteiger charge is -2.31. The van der Waals surface area contributed by atoms with Crippen molar-refractivity contribution >= 4 is 38.1 Å². The molecule has 0 saturated carbocycles. The smallest absolute Gasteiger partial charge is 0.295 e. The monoisotopic (exact) mass is 466 g/mol. The fraction of sp³-hybridized carbons (Fsp3) is 0.278. The van der Waals surface area contributed by atoms with E-state index in [4.69, 9.17) is 0 Å². The van der Waals surface area contributed by atoms with E-state index in [2.05, 4.69) is 31.4 Å². The second-order valence-electron chi connectivity index (χ2n) is 6.36. The molecule has 8 nitrogen and oxygen atoms in total. The summed E-state index contributed by atoms with van der Waals surface area (Å²) in [6.45, 7) is 2.14. The number of quaternary nitrogens is 1. The number of hydrogen-bond donors (Lipinski definition) is 2. The van der Waals surface area contributed by atoms with Crippen LogP contribution in [0.4, 0.5) is 0 Å². The molecule has 1 aromatic heterocycles. The number of carbonyl (C=O) groups is 1. The van der Waals surface area contributed by atoms with Crippen LogP contribution in [0.1, 0.15) is 5.56 Å². The van der Waals surface area contributed by atoms with Crippen molar-refractivity contribution < 1.29 is 18.1 Å². The summed E-state index contributed by atoms with van der Waals surface area (Å²) in [5.41, 5.74) is 3.35. The molecule has 10 heteroatoms. The molecule has 0 bridgehead atoms. The molecule has 0 spiro atoms. The van der Waals surface area contributed by atoms with Gasteiger partial charge in [0.1, 0.15) is 0 Å². The van der Waals surface area contributed by atoms with Crippen molar-refractivity contribution in [3.05, 3.63) is 58.8 Å². The quantitative estimate of drug-likeness (QED) is 0.458. The predicted octanol–water partition coefficient (Wildman–Crippen LogP) is -0.116. The van der Waals surface area contributed by atoms with Crippen LogP contribution in [0.3, 0.4) is 0 Å². The van der Waals surface area contributed by atoms with Crippen LogP contribution < -0.4 is 10.3 Å². The molecule has 1 fully saturated rings. The van der Waals surface area contributed by atoms with Gasteiger partial charge in [0, 0.05) is 16.9 Å². The fourth-order valence-corrected chi connectivity index (χ4v) is 4.58. The van der Waals surface area contributed by atoms with Crippen LogP contribution in [0.15, 0.2) is 63.3 Å². The minimum absolute atomic E-state index is 0.204. The van der Waals surface area contributed by atoms with E-state index in [1.165, 1.54) is 4.31 Å². The van der Waals surface area contributed by atoms with Crippen molar-refractivity contribution in [3.63, 3.8) is 0 Å². The van der Waals surface area contributed by atoms with Gasteiger partial charge in [0.05, 0.1) is 37.3 Å². The highest BCUT2D eigenvalue weighted by molar-refractivity contribution is 9.10. The summed E-state index contributed by atoms with van der Waals surface area (Å²) in [4.78, 5) is 17.3. The first kappa shape index (κ1) is 20.6. The summed E-state index contributed by atoms with van der Waals surface area (Å²) in [5.74, 6) is -0.204. The van der Waals surface area contributed by atoms with Gasteiger partial charge in [-0.25, -0.2) is 13.8 Å². The first-order valence-electron chi connectivity index (χ1n) is 8.76. The number of halogens is 1. The number of carbonyl (C=O) groups excluding carboxylic acids is 1. The Labute approximate surface area is 172 Å². The number of hydrazone groups is 1. The Bertz CT molecular complexity index is 927. The lowest BCUT2D eigenvalue weighted by molar-refractivity contribution is -0.895. The molecule has 0 radical (unpaired) electrons. The Morgan fingerprint density at radius 1 is 1.18 bits per heavy atom. The van der Waals surface area contributed by atoms with E-state index >= 15 is 0 Å². The van der Waals surface area contributed by atoms with E-state index in [0.29, 0.717) is 26.2 Å². The fourth-order valence-electron chi connectivity index (χ4n) is 2.87. The maximum absolute atomic E-state index is 12.7. The lowest BCUT2D eigenvalue weighted by atomic mass is 10.3. The molecule has 1 saturated heterocycles. The van der Waals surface area contributed by atoms with Gasteiger partial charge < -0.3 is 4.90 Å². The summed E-state index contributed by atoms with van der Waals surface area (Å²) < 4.78 is 27.7. The molecule has 0 aliphatic carbocycles. The third-order valence-corrected chi connectivity index (χ3v) is 6.84. The number of amides is 1. The van der Waals surface area contributed by atoms with Gasteiger partial charge >= 0.3 is 0 Å². The third kappa shape index (κ3) is 5.44. The van der Waals surface area contributed by atoms with Crippen molar-refractivity contribution in [2.45, 2.75) is 4.90 Å². The van der Waals surface area contributed by atoms with Gasteiger partial charge in [0.15, 0.2) is 6.54 Å². The van der Waals surface area contributed by atoms with Crippen molar-refractivity contribution in [2.75, 3.05) is 32.7 Å². The van der Waals surface area contributed by atoms with Crippen LogP contribution in [0, 0.1) is 0 Å². The number of aromatic nitrogens is 1. The first-order valence-corrected chi connectivity index (χ1v) is 11.0. The van der Waals surface area contributed by atoms with E-state index in [-0.39, 0.29) is 17.3 Å². The van der Waals surface area contributed by atoms with Gasteiger partial charge in [-0.3, -0.25) is 9.78 Å². The zero-order chi connectivity index (χ0) is 20.0. The van der Waals surface area contributed by atoms with E-state index in [1.54, 1.807) is 55.0 Å². The van der Waals surface area contributed by atoms with E-state index in [1.807, 2.05) is 0 Å². The Morgan fingerprint density at radius 2 is 1.82 bits per heavy atom. The number of pyridine rings is 1. The van der Waals surface area contributed by atoms with Crippen LogP contribution in [0.2, 0.25) is 0 Å². The van der Waals surface area contributed by atoms with Gasteiger partial charge in [-0.05, 0) is 42.0 Å². The Balaban J connectivity index is 1.48. The molecule has 148 valence electrons. The molecule has 2 N–H and O–H groups in total. The minimum Gasteiger partial charge on any atom is -0.325 e. The Morgan fingerprint density at radius 3 is 2.46 bits per heavy atom. The number of benzene rings is 1. The van der Waals surface area contributed by atoms with Crippen molar-refractivity contribution in [3.8, 4) is 0 Å². The predicted molar refractivity (Wildman–Crippen MR) is 108 cm³/mol. The highest BCUT2D eigenvalue weighted by atomic mass is 79.9. The average molecular weight is 467 g/mol. The summed E-state index contributed by atoms with van der Waals surface area (Å²) in [6.07, 6.45) is 4.85. The molecule has 0 atom stereocenters.